The third kappa shape index (κ3) is 5.71. The first-order chi connectivity index (χ1) is 29.7. The molecule has 0 atom stereocenters. The maximum atomic E-state index is 5.54. The van der Waals surface area contributed by atoms with Gasteiger partial charge in [0.05, 0.1) is 16.7 Å². The van der Waals surface area contributed by atoms with Crippen LogP contribution in [0.3, 0.4) is 0 Å². The smallest absolute Gasteiger partial charge is 0.179 e. The Labute approximate surface area is 352 Å². The molecule has 2 aromatic heterocycles. The summed E-state index contributed by atoms with van der Waals surface area (Å²) < 4.78 is 2.37. The number of fused-ring (bicyclic) bond motifs is 3. The summed E-state index contributed by atoms with van der Waals surface area (Å²) in [7, 11) is -2.78. The molecule has 4 heterocycles. The van der Waals surface area contributed by atoms with Gasteiger partial charge in [0.25, 0.3) is 0 Å². The maximum absolute atomic E-state index is 5.54. The minimum Gasteiger partial charge on any atom is -0.366 e. The van der Waals surface area contributed by atoms with Crippen LogP contribution in [0.1, 0.15) is 32.1 Å². The number of nitrogens with zero attached hydrogens (tertiary/aromatic N) is 4. The molecule has 2 aliphatic carbocycles. The van der Waals surface area contributed by atoms with Crippen molar-refractivity contribution in [2.75, 3.05) is 4.90 Å². The molecule has 0 spiro atoms. The Morgan fingerprint density at radius 1 is 0.417 bits per heavy atom. The van der Waals surface area contributed by atoms with Gasteiger partial charge in [-0.05, 0) is 89.0 Å². The van der Waals surface area contributed by atoms with Crippen molar-refractivity contribution >= 4 is 56.3 Å². The van der Waals surface area contributed by atoms with Crippen LogP contribution in [0.4, 0.5) is 5.69 Å². The van der Waals surface area contributed by atoms with Crippen LogP contribution in [0.2, 0.25) is 0 Å². The fourth-order valence-corrected chi connectivity index (χ4v) is 16.5. The Morgan fingerprint density at radius 3 is 1.58 bits per heavy atom. The lowest BCUT2D eigenvalue weighted by atomic mass is 9.63. The molecule has 9 aromatic rings. The number of benzene rings is 7. The summed E-state index contributed by atoms with van der Waals surface area (Å²) in [6.45, 7) is 0. The second-order valence-electron chi connectivity index (χ2n) is 17.4. The van der Waals surface area contributed by atoms with Crippen molar-refractivity contribution in [2.45, 2.75) is 44.2 Å². The van der Waals surface area contributed by atoms with Crippen LogP contribution in [-0.2, 0) is 0 Å². The fourth-order valence-electron chi connectivity index (χ4n) is 11.7. The number of para-hydroxylation sites is 1. The van der Waals surface area contributed by atoms with Gasteiger partial charge in [0.2, 0.25) is 0 Å². The Bertz CT molecular complexity index is 2870. The molecule has 7 aromatic carbocycles. The lowest BCUT2D eigenvalue weighted by Gasteiger charge is -2.57. The van der Waals surface area contributed by atoms with E-state index in [9.17, 15) is 0 Å². The topological polar surface area (TPSA) is 34.0 Å². The summed E-state index contributed by atoms with van der Waals surface area (Å²) in [6.07, 6.45) is 6.87. The van der Waals surface area contributed by atoms with Crippen LogP contribution in [0.5, 0.6) is 0 Å². The first-order valence-electron chi connectivity index (χ1n) is 21.7. The molecule has 4 nitrogen and oxygen atoms in total. The second-order valence-corrected chi connectivity index (χ2v) is 21.2. The highest BCUT2D eigenvalue weighted by atomic mass is 28.3. The van der Waals surface area contributed by atoms with Crippen LogP contribution in [-0.4, -0.2) is 34.7 Å². The highest BCUT2D eigenvalue weighted by Crippen LogP contribution is 2.51. The van der Waals surface area contributed by atoms with Crippen molar-refractivity contribution in [2.24, 2.45) is 11.8 Å². The molecule has 0 N–H and O–H groups in total. The molecule has 4 bridgehead atoms. The lowest BCUT2D eigenvalue weighted by molar-refractivity contribution is 0.0900. The van der Waals surface area contributed by atoms with E-state index in [1.54, 1.807) is 0 Å². The largest absolute Gasteiger partial charge is 0.366 e. The summed E-state index contributed by atoms with van der Waals surface area (Å²) in [4.78, 5) is 13.7. The van der Waals surface area contributed by atoms with Gasteiger partial charge in [-0.2, -0.15) is 0 Å². The zero-order valence-electron chi connectivity index (χ0n) is 33.6. The summed E-state index contributed by atoms with van der Waals surface area (Å²) in [5.74, 6) is 3.44. The van der Waals surface area contributed by atoms with Gasteiger partial charge in [-0.15, -0.1) is 0 Å². The van der Waals surface area contributed by atoms with E-state index in [0.29, 0.717) is 17.9 Å². The number of rotatable bonds is 8. The molecule has 4 aliphatic rings. The lowest BCUT2D eigenvalue weighted by Crippen LogP contribution is -2.74. The molecule has 0 unspecified atom stereocenters. The van der Waals surface area contributed by atoms with Gasteiger partial charge in [-0.1, -0.05) is 164 Å². The molecule has 5 heteroatoms. The number of aromatic nitrogens is 3. The van der Waals surface area contributed by atoms with E-state index in [0.717, 1.165) is 40.0 Å². The Kier molecular flexibility index (Phi) is 8.44. The van der Waals surface area contributed by atoms with Crippen molar-refractivity contribution in [3.05, 3.63) is 194 Å². The van der Waals surface area contributed by atoms with E-state index in [-0.39, 0.29) is 0 Å². The number of piperidine rings is 2. The molecule has 2 saturated carbocycles. The molecule has 13 rings (SSSR count). The van der Waals surface area contributed by atoms with E-state index < -0.39 is 8.07 Å². The summed E-state index contributed by atoms with van der Waals surface area (Å²) in [5.41, 5.74) is 6.69. The maximum Gasteiger partial charge on any atom is 0.179 e. The summed E-state index contributed by atoms with van der Waals surface area (Å²) in [6, 6.07) is 72.7. The minimum atomic E-state index is -2.78. The SMILES string of the molecule is c1ccc(-c2cc(-n3c4ccccc4c4cc(N5C6CC7CC(C6)CC5C7)ccc43)nc(-c3cccc([Si](c4ccccc4)(c4ccccc4)c4ccccc4)c3)n2)cc1. The van der Waals surface area contributed by atoms with E-state index in [2.05, 4.69) is 204 Å². The van der Waals surface area contributed by atoms with Crippen molar-refractivity contribution in [3.63, 3.8) is 0 Å². The monoisotopic (exact) mass is 790 g/mol. The van der Waals surface area contributed by atoms with Crippen LogP contribution in [0, 0.1) is 11.8 Å². The second kappa shape index (κ2) is 14.3. The Morgan fingerprint density at radius 2 is 0.950 bits per heavy atom. The molecule has 2 aliphatic heterocycles. The van der Waals surface area contributed by atoms with E-state index in [1.165, 1.54) is 74.8 Å². The normalized spacial score (nSPS) is 19.6. The molecule has 2 saturated heterocycles. The zero-order valence-corrected chi connectivity index (χ0v) is 34.6. The summed E-state index contributed by atoms with van der Waals surface area (Å²) in [5, 5.41) is 7.86. The standard InChI is InChI=1S/C55H46N4Si/c1-5-16-40(17-6-1)51-37-54(59-52-27-14-13-26-49(52)50-36-42(28-29-53(50)59)58-43-31-38-30-39(33-43)34-44(58)32-38)57-55(56-51)41-18-15-25-48(35-41)60(45-19-7-2-8-20-45,46-21-9-3-10-22-46)47-23-11-4-12-24-47/h1-29,35-39,43-44H,30-34H2. The minimum absolute atomic E-state index is 0.674. The van der Waals surface area contributed by atoms with Crippen LogP contribution in [0.25, 0.3) is 50.3 Å². The van der Waals surface area contributed by atoms with Gasteiger partial charge in [0.15, 0.2) is 13.9 Å². The highest BCUT2D eigenvalue weighted by molar-refractivity contribution is 7.19. The summed E-state index contributed by atoms with van der Waals surface area (Å²) >= 11 is 0. The zero-order chi connectivity index (χ0) is 39.6. The van der Waals surface area contributed by atoms with E-state index in [1.807, 2.05) is 0 Å². The third-order valence-electron chi connectivity index (χ3n) is 14.0. The van der Waals surface area contributed by atoms with Gasteiger partial charge in [-0.25, -0.2) is 9.97 Å². The van der Waals surface area contributed by atoms with Gasteiger partial charge in [0.1, 0.15) is 5.82 Å². The molecular formula is C55H46N4Si. The number of anilines is 1. The van der Waals surface area contributed by atoms with Gasteiger partial charge in [-0.3, -0.25) is 4.57 Å². The predicted molar refractivity (Wildman–Crippen MR) is 251 cm³/mol. The highest BCUT2D eigenvalue weighted by Gasteiger charge is 2.47. The number of hydrogen-bond donors (Lipinski definition) is 0. The van der Waals surface area contributed by atoms with Crippen LogP contribution in [0.15, 0.2) is 194 Å². The van der Waals surface area contributed by atoms with Gasteiger partial charge < -0.3 is 4.90 Å². The average Bonchev–Trinajstić information content (AvgIpc) is 3.64. The van der Waals surface area contributed by atoms with Crippen molar-refractivity contribution in [1.82, 2.24) is 14.5 Å². The van der Waals surface area contributed by atoms with Crippen LogP contribution >= 0.6 is 0 Å². The van der Waals surface area contributed by atoms with E-state index in [4.69, 9.17) is 9.97 Å². The predicted octanol–water partition coefficient (Wildman–Crippen LogP) is 10.1. The van der Waals surface area contributed by atoms with Crippen LogP contribution < -0.4 is 25.6 Å². The first-order valence-corrected chi connectivity index (χ1v) is 23.7. The van der Waals surface area contributed by atoms with Crippen molar-refractivity contribution < 1.29 is 0 Å². The van der Waals surface area contributed by atoms with Gasteiger partial charge in [0, 0.05) is 45.7 Å². The molecule has 60 heavy (non-hydrogen) atoms. The molecular weight excluding hydrogens is 745 g/mol. The van der Waals surface area contributed by atoms with Crippen molar-refractivity contribution in [1.29, 1.82) is 0 Å². The van der Waals surface area contributed by atoms with Gasteiger partial charge >= 0.3 is 0 Å². The Hall–Kier alpha value is -6.56. The number of hydrogen-bond acceptors (Lipinski definition) is 3. The third-order valence-corrected chi connectivity index (χ3v) is 18.8. The van der Waals surface area contributed by atoms with Crippen molar-refractivity contribution in [3.8, 4) is 28.5 Å². The average molecular weight is 791 g/mol. The quantitative estimate of drug-likeness (QED) is 0.114. The first kappa shape index (κ1) is 35.4. The molecule has 290 valence electrons. The fraction of sp³-hybridized carbons (Fsp3) is 0.164. The molecule has 4 fully saturated rings. The van der Waals surface area contributed by atoms with E-state index >= 15 is 0 Å². The Balaban J connectivity index is 1.06. The molecule has 0 radical (unpaired) electrons. The molecule has 0 amide bonds.